The van der Waals surface area contributed by atoms with Crippen LogP contribution in [0.5, 0.6) is 0 Å². The molecule has 0 unspecified atom stereocenters. The Morgan fingerprint density at radius 3 is 1.16 bits per heavy atom. The number of carbonyl (C=O) groups excluding carboxylic acids is 2. The third kappa shape index (κ3) is 13.2. The minimum atomic E-state index is -2.29. The van der Waals surface area contributed by atoms with Crippen LogP contribution in [-0.2, 0) is 61.7 Å². The minimum Gasteiger partial charge on any atom is -0.394 e. The van der Waals surface area contributed by atoms with Gasteiger partial charge < -0.3 is 155 Å². The van der Waals surface area contributed by atoms with Gasteiger partial charge >= 0.3 is 0 Å². The lowest BCUT2D eigenvalue weighted by Gasteiger charge is -2.50. The molecule has 20 N–H and O–H groups in total. The summed E-state index contributed by atoms with van der Waals surface area (Å²) in [6, 6.07) is -3.28. The second-order valence-electron chi connectivity index (χ2n) is 18.3. The van der Waals surface area contributed by atoms with Crippen molar-refractivity contribution >= 4 is 11.8 Å². The van der Waals surface area contributed by atoms with Gasteiger partial charge in [0.15, 0.2) is 37.7 Å². The van der Waals surface area contributed by atoms with Gasteiger partial charge in [-0.15, -0.1) is 0 Å². The van der Waals surface area contributed by atoms with Crippen LogP contribution in [0.15, 0.2) is 0 Å². The summed E-state index contributed by atoms with van der Waals surface area (Å²) in [4.78, 5) is 24.4. The fraction of sp³-hybridized carbons (Fsp3) is 0.950. The van der Waals surface area contributed by atoms with Crippen molar-refractivity contribution in [1.29, 1.82) is 0 Å². The summed E-state index contributed by atoms with van der Waals surface area (Å²) < 4.78 is 62.3. The highest BCUT2D eigenvalue weighted by Crippen LogP contribution is 2.36. The van der Waals surface area contributed by atoms with Crippen molar-refractivity contribution < 1.29 is 154 Å². The van der Waals surface area contributed by atoms with Crippen LogP contribution in [0.1, 0.15) is 13.8 Å². The Morgan fingerprint density at radius 1 is 0.356 bits per heavy atom. The second-order valence-corrected chi connectivity index (χ2v) is 18.3. The van der Waals surface area contributed by atoms with Gasteiger partial charge in [0.2, 0.25) is 11.8 Å². The zero-order valence-electron chi connectivity index (χ0n) is 38.9. The normalized spacial score (nSPS) is 49.8. The molecule has 33 nitrogen and oxygen atoms in total. The van der Waals surface area contributed by atoms with Gasteiger partial charge in [-0.05, 0) is 0 Å². The highest BCUT2D eigenvalue weighted by Gasteiger charge is 2.57. The molecule has 0 aliphatic carbocycles. The number of nitrogens with one attached hydrogen (secondary N) is 2. The van der Waals surface area contributed by atoms with Crippen LogP contribution in [0.25, 0.3) is 0 Å². The molecule has 0 saturated carbocycles. The van der Waals surface area contributed by atoms with Crippen LogP contribution >= 0.6 is 0 Å². The number of aliphatic hydroxyl groups is 18. The minimum absolute atomic E-state index is 0.716. The lowest BCUT2D eigenvalue weighted by molar-refractivity contribution is -0.385. The van der Waals surface area contributed by atoms with E-state index in [1.807, 2.05) is 0 Å². The van der Waals surface area contributed by atoms with E-state index in [1.165, 1.54) is 0 Å². The van der Waals surface area contributed by atoms with Gasteiger partial charge in [0.05, 0.1) is 39.6 Å². The average molecular weight is 1070 g/mol. The van der Waals surface area contributed by atoms with Crippen LogP contribution < -0.4 is 10.6 Å². The van der Waals surface area contributed by atoms with Crippen molar-refractivity contribution in [2.45, 2.75) is 198 Å². The Kier molecular flexibility index (Phi) is 21.3. The summed E-state index contributed by atoms with van der Waals surface area (Å²) in [5.41, 5.74) is 0. The van der Waals surface area contributed by atoms with Crippen molar-refractivity contribution in [1.82, 2.24) is 10.6 Å². The van der Waals surface area contributed by atoms with E-state index in [-0.39, 0.29) is 0 Å². The maximum absolute atomic E-state index is 12.6. The van der Waals surface area contributed by atoms with Crippen LogP contribution in [0.3, 0.4) is 0 Å². The first kappa shape index (κ1) is 60.0. The van der Waals surface area contributed by atoms with E-state index in [0.29, 0.717) is 0 Å². The fourth-order valence-electron chi connectivity index (χ4n) is 9.11. The van der Waals surface area contributed by atoms with Crippen molar-refractivity contribution in [3.05, 3.63) is 0 Å². The molecule has 6 aliphatic rings. The zero-order chi connectivity index (χ0) is 53.9. The third-order valence-electron chi connectivity index (χ3n) is 13.2. The summed E-state index contributed by atoms with van der Waals surface area (Å²) in [6.07, 6.45) is -53.1. The maximum atomic E-state index is 12.6. The summed E-state index contributed by atoms with van der Waals surface area (Å²) in [5.74, 6) is -1.55. The van der Waals surface area contributed by atoms with Crippen LogP contribution in [0, 0.1) is 0 Å². The van der Waals surface area contributed by atoms with E-state index in [4.69, 9.17) is 52.1 Å². The van der Waals surface area contributed by atoms with Crippen molar-refractivity contribution in [3.8, 4) is 0 Å². The first-order valence-corrected chi connectivity index (χ1v) is 23.1. The maximum Gasteiger partial charge on any atom is 0.217 e. The van der Waals surface area contributed by atoms with Crippen LogP contribution in [0.4, 0.5) is 0 Å². The quantitative estimate of drug-likeness (QED) is 0.0606. The van der Waals surface area contributed by atoms with E-state index in [0.717, 1.165) is 13.8 Å². The Labute approximate surface area is 413 Å². The van der Waals surface area contributed by atoms with Gasteiger partial charge in [-0.2, -0.15) is 0 Å². The Balaban J connectivity index is 1.25. The van der Waals surface area contributed by atoms with Gasteiger partial charge in [0.25, 0.3) is 0 Å². The average Bonchev–Trinajstić information content (AvgIpc) is 3.35. The highest BCUT2D eigenvalue weighted by atomic mass is 16.8. The van der Waals surface area contributed by atoms with Gasteiger partial charge in [-0.25, -0.2) is 0 Å². The zero-order valence-corrected chi connectivity index (χ0v) is 38.9. The van der Waals surface area contributed by atoms with Gasteiger partial charge in [0.1, 0.15) is 146 Å². The lowest BCUT2D eigenvalue weighted by Crippen LogP contribution is -2.70. The molecule has 6 rings (SSSR count). The predicted molar refractivity (Wildman–Crippen MR) is 222 cm³/mol. The largest absolute Gasteiger partial charge is 0.394 e. The Morgan fingerprint density at radius 2 is 0.699 bits per heavy atom. The predicted octanol–water partition coefficient (Wildman–Crippen LogP) is -13.8. The molecule has 0 aromatic carbocycles. The molecule has 6 aliphatic heterocycles. The highest BCUT2D eigenvalue weighted by molar-refractivity contribution is 5.73. The van der Waals surface area contributed by atoms with Crippen molar-refractivity contribution in [2.24, 2.45) is 0 Å². The third-order valence-corrected chi connectivity index (χ3v) is 13.2. The van der Waals surface area contributed by atoms with Gasteiger partial charge in [-0.1, -0.05) is 0 Å². The second kappa shape index (κ2) is 26.0. The molecule has 424 valence electrons. The first-order chi connectivity index (χ1) is 34.5. The summed E-state index contributed by atoms with van der Waals surface area (Å²) in [5, 5.41) is 196. The van der Waals surface area contributed by atoms with Crippen LogP contribution in [0.2, 0.25) is 0 Å². The Hall–Kier alpha value is -2.22. The first-order valence-electron chi connectivity index (χ1n) is 23.1. The number of ether oxygens (including phenoxy) is 11. The molecule has 0 bridgehead atoms. The van der Waals surface area contributed by atoms with Gasteiger partial charge in [0, 0.05) is 13.8 Å². The fourth-order valence-corrected chi connectivity index (χ4v) is 9.11. The summed E-state index contributed by atoms with van der Waals surface area (Å²) >= 11 is 0. The molecule has 6 fully saturated rings. The number of rotatable bonds is 18. The molecule has 33 heteroatoms. The topological polar surface area (TPSA) is 524 Å². The molecule has 30 atom stereocenters. The molecular formula is C40H68N2O31. The van der Waals surface area contributed by atoms with E-state index in [1.54, 1.807) is 0 Å². The molecule has 0 spiro atoms. The number of amides is 2. The van der Waals surface area contributed by atoms with E-state index >= 15 is 0 Å². The van der Waals surface area contributed by atoms with Crippen molar-refractivity contribution in [2.75, 3.05) is 39.6 Å². The van der Waals surface area contributed by atoms with Crippen molar-refractivity contribution in [3.63, 3.8) is 0 Å². The number of carbonyl (C=O) groups is 2. The molecule has 73 heavy (non-hydrogen) atoms. The lowest BCUT2D eigenvalue weighted by atomic mass is 9.94. The summed E-state index contributed by atoms with van der Waals surface area (Å²) in [7, 11) is 0. The van der Waals surface area contributed by atoms with Gasteiger partial charge in [-0.3, -0.25) is 9.59 Å². The van der Waals surface area contributed by atoms with E-state index < -0.39 is 236 Å². The van der Waals surface area contributed by atoms with Crippen LogP contribution in [-0.4, -0.2) is 327 Å². The Bertz CT molecular complexity index is 1750. The number of aliphatic hydroxyl groups excluding tert-OH is 18. The molecule has 0 radical (unpaired) electrons. The molecular weight excluding hydrogens is 1000 g/mol. The molecule has 6 heterocycles. The van der Waals surface area contributed by atoms with E-state index in [9.17, 15) is 102 Å². The van der Waals surface area contributed by atoms with E-state index in [2.05, 4.69) is 10.6 Å². The number of hydrogen-bond donors (Lipinski definition) is 20. The summed E-state index contributed by atoms with van der Waals surface area (Å²) in [6.45, 7) is -3.32. The number of hydrogen-bond acceptors (Lipinski definition) is 31. The SMILES string of the molecule is CC(=O)N[C@@H]1[C@@H](O)[C@H](O[C@@H]2O[C@H](CO)[C@@H](O[C@@H]3O[C@H](CO[C@@H]4O[C@H](CO)[C@@H](O)[C@H](O)[C@@H]4O)[C@@H](O)[C@H](O[C@@H]4O[C@H](CO[C@@H]5O[C@H](CO)[C@@H](O)[C@H](O)[C@@H]5O)[C@@H](O)[C@H](O)[C@@H]4O)[C@@H]3O)[C@H](O)[C@H]2NC(C)=O)[C@@H](CO)O[C@H]1O. The molecule has 6 saturated heterocycles. The smallest absolute Gasteiger partial charge is 0.217 e. The molecule has 0 aromatic rings. The standard InChI is InChI=1S/C40H68N2O31/c1-9(47)41-17-23(53)32(13(5-45)65-35(17)62)71-36-18(42-10(2)48)24(54)33(14(6-46)68-36)72-40-31(61)34(22(52)16(70-40)8-64-38-29(59)26(56)20(50)12(4-44)67-38)73-39-30(60)27(57)21(51)15(69-39)7-63-37-28(58)25(55)19(49)11(3-43)66-37/h11-40,43-46,49-62H,3-8H2,1-2H3,(H,41,47)(H,42,48)/t11-,12-,13-,14-,15-,16-,17-,18-,19-,20-,21-,22-,23-,24-,25+,26+,27+,28+,29+,30+,31+,32-,33-,34+,35-,36+,37-,38-,39+,40+/m1/s1. The monoisotopic (exact) mass is 1070 g/mol. The molecule has 2 amide bonds. The molecule has 0 aromatic heterocycles.